The van der Waals surface area contributed by atoms with Crippen LogP contribution in [0, 0.1) is 6.92 Å². The first kappa shape index (κ1) is 23.2. The van der Waals surface area contributed by atoms with Crippen LogP contribution >= 0.6 is 11.6 Å². The second-order valence-electron chi connectivity index (χ2n) is 8.21. The first-order chi connectivity index (χ1) is 16.8. The summed E-state index contributed by atoms with van der Waals surface area (Å²) in [7, 11) is -1.96. The Hall–Kier alpha value is -3.56. The summed E-state index contributed by atoms with van der Waals surface area (Å²) in [5.41, 5.74) is 3.46. The third-order valence-electron chi connectivity index (χ3n) is 5.80. The van der Waals surface area contributed by atoms with E-state index in [0.717, 1.165) is 23.5 Å². The molecule has 10 heteroatoms. The van der Waals surface area contributed by atoms with E-state index in [0.29, 0.717) is 28.2 Å². The zero-order valence-corrected chi connectivity index (χ0v) is 20.7. The maximum Gasteiger partial charge on any atom is 0.263 e. The van der Waals surface area contributed by atoms with Crippen molar-refractivity contribution in [2.24, 2.45) is 0 Å². The highest BCUT2D eigenvalue weighted by atomic mass is 35.5. The van der Waals surface area contributed by atoms with Crippen molar-refractivity contribution in [2.45, 2.75) is 18.4 Å². The van der Waals surface area contributed by atoms with Gasteiger partial charge in [0.2, 0.25) is 0 Å². The van der Waals surface area contributed by atoms with Crippen LogP contribution in [0.1, 0.15) is 11.1 Å². The summed E-state index contributed by atoms with van der Waals surface area (Å²) in [6, 6.07) is 15.8. The largest absolute Gasteiger partial charge is 0.490 e. The maximum absolute atomic E-state index is 13.2. The molecule has 1 N–H and O–H groups in total. The van der Waals surface area contributed by atoms with Crippen LogP contribution in [0.15, 0.2) is 65.7 Å². The van der Waals surface area contributed by atoms with Gasteiger partial charge in [-0.1, -0.05) is 23.7 Å². The third kappa shape index (κ3) is 4.69. The number of fused-ring (bicyclic) bond motifs is 2. The number of nitrogens with one attached hydrogen (secondary N) is 1. The Labute approximate surface area is 208 Å². The molecule has 0 bridgehead atoms. The van der Waals surface area contributed by atoms with Gasteiger partial charge in [0.05, 0.1) is 28.2 Å². The van der Waals surface area contributed by atoms with Crippen LogP contribution in [0.4, 0.5) is 11.5 Å². The number of pyridine rings is 2. The van der Waals surface area contributed by atoms with Crippen LogP contribution in [0.3, 0.4) is 0 Å². The molecule has 35 heavy (non-hydrogen) atoms. The van der Waals surface area contributed by atoms with Gasteiger partial charge in [-0.3, -0.25) is 9.71 Å². The van der Waals surface area contributed by atoms with Crippen LogP contribution in [0.25, 0.3) is 11.0 Å². The number of hydrogen-bond acceptors (Lipinski definition) is 7. The average Bonchev–Trinajstić information content (AvgIpc) is 2.84. The number of likely N-dealkylation sites (N-methyl/N-ethyl adjacent to an activating group) is 1. The van der Waals surface area contributed by atoms with Crippen molar-refractivity contribution >= 4 is 44.2 Å². The Morgan fingerprint density at radius 1 is 1.14 bits per heavy atom. The molecule has 0 atom stereocenters. The normalized spacial score (nSPS) is 13.3. The molecule has 0 unspecified atom stereocenters. The summed E-state index contributed by atoms with van der Waals surface area (Å²) in [5.74, 6) is 1.12. The summed E-state index contributed by atoms with van der Waals surface area (Å²) in [4.78, 5) is 11.0. The van der Waals surface area contributed by atoms with Gasteiger partial charge in [0.1, 0.15) is 19.0 Å². The zero-order chi connectivity index (χ0) is 24.6. The first-order valence-corrected chi connectivity index (χ1v) is 12.8. The fourth-order valence-corrected chi connectivity index (χ4v) is 5.39. The second kappa shape index (κ2) is 9.24. The number of anilines is 2. The molecule has 0 saturated carbocycles. The molecule has 0 saturated heterocycles. The van der Waals surface area contributed by atoms with E-state index in [-0.39, 0.29) is 23.1 Å². The Kier molecular flexibility index (Phi) is 6.12. The minimum Gasteiger partial charge on any atom is -0.490 e. The summed E-state index contributed by atoms with van der Waals surface area (Å²) in [5, 5.41) is 0.361. The number of halogens is 1. The molecular weight excluding hydrogens is 488 g/mol. The van der Waals surface area contributed by atoms with Gasteiger partial charge < -0.3 is 14.4 Å². The molecule has 2 aromatic carbocycles. The number of aromatic nitrogens is 2. The Morgan fingerprint density at radius 2 is 2.00 bits per heavy atom. The van der Waals surface area contributed by atoms with Crippen molar-refractivity contribution < 1.29 is 17.9 Å². The van der Waals surface area contributed by atoms with Crippen LogP contribution in [-0.4, -0.2) is 38.6 Å². The molecular formula is C25H23ClN4O4S. The molecule has 1 aliphatic heterocycles. The molecule has 8 nitrogen and oxygen atoms in total. The van der Waals surface area contributed by atoms with E-state index in [1.54, 1.807) is 43.5 Å². The predicted molar refractivity (Wildman–Crippen MR) is 136 cm³/mol. The maximum atomic E-state index is 13.2. The first-order valence-electron chi connectivity index (χ1n) is 11.0. The SMILES string of the molecule is Cc1c(Cl)cccc1S(=O)(=O)Nc1nc2cccnc2cc1OCc1ccc2c(c1)OCCN2C. The van der Waals surface area contributed by atoms with Crippen molar-refractivity contribution in [1.29, 1.82) is 0 Å². The number of nitrogens with zero attached hydrogens (tertiary/aromatic N) is 3. The van der Waals surface area contributed by atoms with Gasteiger partial charge in [-0.15, -0.1) is 0 Å². The number of sulfonamides is 1. The molecule has 1 aliphatic rings. The van der Waals surface area contributed by atoms with Gasteiger partial charge in [0, 0.05) is 24.3 Å². The topological polar surface area (TPSA) is 93.7 Å². The minimum absolute atomic E-state index is 0.0684. The molecule has 3 heterocycles. The average molecular weight is 511 g/mol. The van der Waals surface area contributed by atoms with Crippen molar-refractivity contribution in [3.8, 4) is 11.5 Å². The highest BCUT2D eigenvalue weighted by Gasteiger charge is 2.22. The van der Waals surface area contributed by atoms with E-state index in [4.69, 9.17) is 21.1 Å². The highest BCUT2D eigenvalue weighted by molar-refractivity contribution is 7.92. The Bertz CT molecular complexity index is 1530. The van der Waals surface area contributed by atoms with Gasteiger partial charge in [0.25, 0.3) is 10.0 Å². The molecule has 0 aliphatic carbocycles. The highest BCUT2D eigenvalue weighted by Crippen LogP contribution is 2.34. The lowest BCUT2D eigenvalue weighted by Gasteiger charge is -2.28. The van der Waals surface area contributed by atoms with E-state index < -0.39 is 10.0 Å². The number of rotatable bonds is 6. The summed E-state index contributed by atoms with van der Waals surface area (Å²) in [6.07, 6.45) is 1.64. The lowest BCUT2D eigenvalue weighted by Crippen LogP contribution is -2.28. The fourth-order valence-electron chi connectivity index (χ4n) is 3.88. The van der Waals surface area contributed by atoms with Crippen LogP contribution in [-0.2, 0) is 16.6 Å². The molecule has 4 aromatic rings. The zero-order valence-electron chi connectivity index (χ0n) is 19.2. The lowest BCUT2D eigenvalue weighted by molar-refractivity contribution is 0.298. The molecule has 0 fully saturated rings. The monoisotopic (exact) mass is 510 g/mol. The van der Waals surface area contributed by atoms with E-state index in [1.807, 2.05) is 25.2 Å². The lowest BCUT2D eigenvalue weighted by atomic mass is 10.1. The molecule has 2 aromatic heterocycles. The quantitative estimate of drug-likeness (QED) is 0.398. The van der Waals surface area contributed by atoms with Gasteiger partial charge in [-0.05, 0) is 54.4 Å². The summed E-state index contributed by atoms with van der Waals surface area (Å²) >= 11 is 6.16. The van der Waals surface area contributed by atoms with Gasteiger partial charge in [-0.2, -0.15) is 0 Å². The molecule has 180 valence electrons. The third-order valence-corrected chi connectivity index (χ3v) is 7.70. The number of ether oxygens (including phenoxy) is 2. The van der Waals surface area contributed by atoms with Crippen molar-refractivity contribution in [2.75, 3.05) is 29.8 Å². The summed E-state index contributed by atoms with van der Waals surface area (Å²) < 4.78 is 40.9. The second-order valence-corrected chi connectivity index (χ2v) is 10.3. The molecule has 0 radical (unpaired) electrons. The van der Waals surface area contributed by atoms with E-state index in [1.165, 1.54) is 6.07 Å². The van der Waals surface area contributed by atoms with E-state index in [2.05, 4.69) is 19.6 Å². The smallest absolute Gasteiger partial charge is 0.263 e. The predicted octanol–water partition coefficient (Wildman–Crippen LogP) is 4.80. The standard InChI is InChI=1S/C25H23ClN4O4S/c1-16-18(26)5-3-7-24(16)35(31,32)29-25-23(14-20-19(28-25)6-4-10-27-20)34-15-17-8-9-21-22(13-17)33-12-11-30(21)2/h3-10,13-14H,11-12,15H2,1-2H3,(H,28,29). The number of benzene rings is 2. The Morgan fingerprint density at radius 3 is 2.86 bits per heavy atom. The van der Waals surface area contributed by atoms with Crippen LogP contribution in [0.2, 0.25) is 5.02 Å². The summed E-state index contributed by atoms with van der Waals surface area (Å²) in [6.45, 7) is 3.28. The van der Waals surface area contributed by atoms with E-state index >= 15 is 0 Å². The number of hydrogen-bond donors (Lipinski definition) is 1. The fraction of sp³-hybridized carbons (Fsp3) is 0.200. The van der Waals surface area contributed by atoms with Crippen LogP contribution in [0.5, 0.6) is 11.5 Å². The molecule has 5 rings (SSSR count). The molecule has 0 spiro atoms. The minimum atomic E-state index is -3.98. The van der Waals surface area contributed by atoms with E-state index in [9.17, 15) is 8.42 Å². The molecule has 0 amide bonds. The van der Waals surface area contributed by atoms with Gasteiger partial charge in [-0.25, -0.2) is 13.4 Å². The van der Waals surface area contributed by atoms with Crippen molar-refractivity contribution in [1.82, 2.24) is 9.97 Å². The van der Waals surface area contributed by atoms with Gasteiger partial charge in [0.15, 0.2) is 11.6 Å². The van der Waals surface area contributed by atoms with Crippen LogP contribution < -0.4 is 19.1 Å². The Balaban J connectivity index is 1.48. The van der Waals surface area contributed by atoms with Crippen molar-refractivity contribution in [3.63, 3.8) is 0 Å². The van der Waals surface area contributed by atoms with Crippen molar-refractivity contribution in [3.05, 3.63) is 76.9 Å². The van der Waals surface area contributed by atoms with Gasteiger partial charge >= 0.3 is 0 Å².